The summed E-state index contributed by atoms with van der Waals surface area (Å²) in [5.74, 6) is 4.73. The molecule has 0 saturated heterocycles. The fraction of sp³-hybridized carbons (Fsp3) is 0.733. The van der Waals surface area contributed by atoms with E-state index in [0.29, 0.717) is 23.4 Å². The lowest BCUT2D eigenvalue weighted by molar-refractivity contribution is -0.103. The summed E-state index contributed by atoms with van der Waals surface area (Å²) in [4.78, 5) is 15.4. The fourth-order valence-corrected chi connectivity index (χ4v) is 9.87. The smallest absolute Gasteiger partial charge is 0.254 e. The van der Waals surface area contributed by atoms with E-state index in [1.165, 1.54) is 44.9 Å². The van der Waals surface area contributed by atoms with Crippen LogP contribution >= 0.6 is 0 Å². The third-order valence-electron chi connectivity index (χ3n) is 11.5. The van der Waals surface area contributed by atoms with Crippen molar-refractivity contribution in [1.82, 2.24) is 4.90 Å². The van der Waals surface area contributed by atoms with Crippen molar-refractivity contribution >= 4 is 5.91 Å². The van der Waals surface area contributed by atoms with Gasteiger partial charge in [-0.3, -0.25) is 4.79 Å². The zero-order valence-electron chi connectivity index (χ0n) is 21.1. The number of fused-ring (bicyclic) bond motifs is 6. The van der Waals surface area contributed by atoms with Crippen LogP contribution in [-0.4, -0.2) is 27.6 Å². The van der Waals surface area contributed by atoms with Crippen molar-refractivity contribution in [3.63, 3.8) is 0 Å². The molecule has 4 fully saturated rings. The van der Waals surface area contributed by atoms with Gasteiger partial charge >= 0.3 is 0 Å². The van der Waals surface area contributed by atoms with Gasteiger partial charge < -0.3 is 10.0 Å². The Morgan fingerprint density at radius 1 is 1.06 bits per heavy atom. The van der Waals surface area contributed by atoms with Crippen LogP contribution in [0.3, 0.4) is 0 Å². The molecular formula is C30H40N2O2. The summed E-state index contributed by atoms with van der Waals surface area (Å²) in [5, 5.41) is 19.9. The van der Waals surface area contributed by atoms with E-state index in [9.17, 15) is 15.2 Å². The molecule has 1 N–H and O–H groups in total. The molecule has 1 amide bonds. The highest BCUT2D eigenvalue weighted by Gasteiger charge is 2.59. The molecule has 1 heterocycles. The second-order valence-electron chi connectivity index (χ2n) is 13.1. The minimum Gasteiger partial charge on any atom is -0.390 e. The molecule has 1 aliphatic heterocycles. The molecule has 0 spiro atoms. The van der Waals surface area contributed by atoms with E-state index in [0.717, 1.165) is 53.6 Å². The lowest BCUT2D eigenvalue weighted by Gasteiger charge is -2.57. The molecule has 34 heavy (non-hydrogen) atoms. The minimum absolute atomic E-state index is 0.155. The Kier molecular flexibility index (Phi) is 5.20. The average molecular weight is 461 g/mol. The normalized spacial score (nSPS) is 44.0. The molecule has 0 bridgehead atoms. The second kappa shape index (κ2) is 7.82. The van der Waals surface area contributed by atoms with Crippen LogP contribution in [0.4, 0.5) is 0 Å². The monoisotopic (exact) mass is 460 g/mol. The number of aliphatic hydroxyl groups is 1. The summed E-state index contributed by atoms with van der Waals surface area (Å²) in [6, 6.07) is 7.99. The van der Waals surface area contributed by atoms with Gasteiger partial charge in [-0.25, -0.2) is 0 Å². The lowest BCUT2D eigenvalue weighted by Crippen LogP contribution is -2.52. The number of hydrogen-bond donors (Lipinski definition) is 1. The summed E-state index contributed by atoms with van der Waals surface area (Å²) in [6.07, 6.45) is 11.0. The van der Waals surface area contributed by atoms with E-state index in [4.69, 9.17) is 0 Å². The van der Waals surface area contributed by atoms with Crippen molar-refractivity contribution in [2.45, 2.75) is 96.7 Å². The van der Waals surface area contributed by atoms with Crippen molar-refractivity contribution in [2.24, 2.45) is 40.9 Å². The van der Waals surface area contributed by atoms with Gasteiger partial charge in [0.25, 0.3) is 5.91 Å². The van der Waals surface area contributed by atoms with Crippen molar-refractivity contribution in [1.29, 1.82) is 5.26 Å². The number of amides is 1. The Bertz CT molecular complexity index is 1040. The Hall–Kier alpha value is -1.86. The van der Waals surface area contributed by atoms with Crippen LogP contribution < -0.4 is 0 Å². The van der Waals surface area contributed by atoms with E-state index in [-0.39, 0.29) is 11.9 Å². The summed E-state index contributed by atoms with van der Waals surface area (Å²) < 4.78 is 0. The summed E-state index contributed by atoms with van der Waals surface area (Å²) in [6.45, 7) is 7.55. The van der Waals surface area contributed by atoms with E-state index in [1.807, 2.05) is 12.1 Å². The quantitative estimate of drug-likeness (QED) is 0.595. The van der Waals surface area contributed by atoms with Gasteiger partial charge in [-0.15, -0.1) is 0 Å². The Morgan fingerprint density at radius 2 is 1.85 bits per heavy atom. The van der Waals surface area contributed by atoms with Crippen molar-refractivity contribution in [2.75, 3.05) is 0 Å². The molecule has 0 aromatic heterocycles. The number of carbonyl (C=O) groups is 1. The van der Waals surface area contributed by atoms with Crippen LogP contribution in [0.25, 0.3) is 0 Å². The van der Waals surface area contributed by atoms with E-state index < -0.39 is 5.60 Å². The molecule has 5 aliphatic rings. The standard InChI is InChI=1S/C30H40N2O2/c1-18(32-17-21-14-19(16-31)4-6-23(21)28(32)33)26-8-9-27-25-7-5-20-15-29(2,34)12-10-22(20)24(25)11-13-30(26,27)3/h4,6,14,18,20,22,24-27,34H,5,7-13,15,17H2,1-3H3/t18-,20-,22+,24-,25-,26-,27+,29-,30-/m1/s1. The summed E-state index contributed by atoms with van der Waals surface area (Å²) in [7, 11) is 0. The van der Waals surface area contributed by atoms with Gasteiger partial charge in [0, 0.05) is 18.2 Å². The second-order valence-corrected chi connectivity index (χ2v) is 13.1. The topological polar surface area (TPSA) is 64.3 Å². The van der Waals surface area contributed by atoms with Crippen LogP contribution in [0.5, 0.6) is 0 Å². The SMILES string of the molecule is C[C@H]([C@H]1CC[C@H]2[C@@H]3CC[C@@H]4C[C@](C)(O)CC[C@@H]4[C@H]3CC[C@]12C)N1Cc2cc(C#N)ccc2C1=O. The lowest BCUT2D eigenvalue weighted by atomic mass is 9.48. The Balaban J connectivity index is 1.20. The first kappa shape index (κ1) is 22.6. The number of nitrogens with zero attached hydrogens (tertiary/aromatic N) is 2. The molecule has 4 nitrogen and oxygen atoms in total. The van der Waals surface area contributed by atoms with Crippen LogP contribution in [0.1, 0.15) is 100 Å². The summed E-state index contributed by atoms with van der Waals surface area (Å²) in [5.41, 5.74) is 2.33. The van der Waals surface area contributed by atoms with Gasteiger partial charge in [0.15, 0.2) is 0 Å². The van der Waals surface area contributed by atoms with E-state index >= 15 is 0 Å². The highest BCUT2D eigenvalue weighted by molar-refractivity contribution is 5.98. The molecule has 0 radical (unpaired) electrons. The molecule has 9 atom stereocenters. The van der Waals surface area contributed by atoms with Crippen molar-refractivity contribution < 1.29 is 9.90 Å². The molecule has 4 aliphatic carbocycles. The van der Waals surface area contributed by atoms with Gasteiger partial charge in [0.05, 0.1) is 17.2 Å². The molecule has 0 unspecified atom stereocenters. The highest BCUT2D eigenvalue weighted by Crippen LogP contribution is 2.65. The molecule has 182 valence electrons. The maximum Gasteiger partial charge on any atom is 0.254 e. The first-order valence-electron chi connectivity index (χ1n) is 13.8. The van der Waals surface area contributed by atoms with Gasteiger partial charge in [0.2, 0.25) is 0 Å². The van der Waals surface area contributed by atoms with Crippen LogP contribution in [-0.2, 0) is 6.54 Å². The first-order valence-corrected chi connectivity index (χ1v) is 13.8. The van der Waals surface area contributed by atoms with Crippen molar-refractivity contribution in [3.8, 4) is 6.07 Å². The average Bonchev–Trinajstić information content (AvgIpc) is 3.34. The molecular weight excluding hydrogens is 420 g/mol. The predicted octanol–water partition coefficient (Wildman–Crippen LogP) is 5.92. The maximum absolute atomic E-state index is 13.3. The zero-order chi connectivity index (χ0) is 23.8. The largest absolute Gasteiger partial charge is 0.390 e. The summed E-state index contributed by atoms with van der Waals surface area (Å²) >= 11 is 0. The van der Waals surface area contributed by atoms with Crippen LogP contribution in [0.15, 0.2) is 18.2 Å². The third-order valence-corrected chi connectivity index (χ3v) is 11.5. The minimum atomic E-state index is -0.446. The van der Waals surface area contributed by atoms with Crippen LogP contribution in [0, 0.1) is 52.3 Å². The van der Waals surface area contributed by atoms with Crippen molar-refractivity contribution in [3.05, 3.63) is 34.9 Å². The van der Waals surface area contributed by atoms with Crippen LogP contribution in [0.2, 0.25) is 0 Å². The molecule has 1 aromatic carbocycles. The predicted molar refractivity (Wildman–Crippen MR) is 132 cm³/mol. The van der Waals surface area contributed by atoms with E-state index in [2.05, 4.69) is 31.7 Å². The Labute approximate surface area is 204 Å². The first-order chi connectivity index (χ1) is 16.2. The third kappa shape index (κ3) is 3.29. The number of hydrogen-bond acceptors (Lipinski definition) is 3. The molecule has 1 aromatic rings. The number of nitriles is 1. The fourth-order valence-electron chi connectivity index (χ4n) is 9.87. The molecule has 4 saturated carbocycles. The van der Waals surface area contributed by atoms with Gasteiger partial charge in [0.1, 0.15) is 0 Å². The number of rotatable bonds is 2. The maximum atomic E-state index is 13.3. The number of benzene rings is 1. The molecule has 4 heteroatoms. The van der Waals surface area contributed by atoms with Gasteiger partial charge in [-0.1, -0.05) is 6.92 Å². The van der Waals surface area contributed by atoms with Gasteiger partial charge in [-0.05, 0) is 136 Å². The zero-order valence-corrected chi connectivity index (χ0v) is 21.1. The molecule has 6 rings (SSSR count). The number of carbonyl (C=O) groups excluding carboxylic acids is 1. The van der Waals surface area contributed by atoms with Gasteiger partial charge in [-0.2, -0.15) is 5.26 Å². The highest BCUT2D eigenvalue weighted by atomic mass is 16.3. The Morgan fingerprint density at radius 3 is 2.65 bits per heavy atom. The van der Waals surface area contributed by atoms with E-state index in [1.54, 1.807) is 6.07 Å².